The molecule has 0 aromatic heterocycles. The van der Waals surface area contributed by atoms with E-state index >= 15 is 0 Å². The molecule has 0 aliphatic rings. The van der Waals surface area contributed by atoms with Gasteiger partial charge in [-0.05, 0) is 38.1 Å². The fourth-order valence-corrected chi connectivity index (χ4v) is 1.82. The van der Waals surface area contributed by atoms with Crippen LogP contribution < -0.4 is 5.32 Å². The molecule has 0 aliphatic carbocycles. The van der Waals surface area contributed by atoms with E-state index in [0.29, 0.717) is 17.3 Å². The summed E-state index contributed by atoms with van der Waals surface area (Å²) in [5.74, 6) is -1.04. The predicted molar refractivity (Wildman–Crippen MR) is 79.0 cm³/mol. The van der Waals surface area contributed by atoms with E-state index in [1.165, 1.54) is 0 Å². The average molecular weight is 299 g/mol. The second-order valence-corrected chi connectivity index (χ2v) is 5.20. The van der Waals surface area contributed by atoms with Gasteiger partial charge >= 0.3 is 5.97 Å². The summed E-state index contributed by atoms with van der Waals surface area (Å²) in [5.41, 5.74) is 0.675. The zero-order valence-corrected chi connectivity index (χ0v) is 12.4. The number of aliphatic carboxylic acids is 1. The van der Waals surface area contributed by atoms with E-state index in [1.807, 2.05) is 13.8 Å². The van der Waals surface area contributed by atoms with Crippen LogP contribution >= 0.6 is 11.6 Å². The molecule has 0 bridgehead atoms. The molecule has 2 N–H and O–H groups in total. The van der Waals surface area contributed by atoms with Gasteiger partial charge in [-0.25, -0.2) is 0 Å². The lowest BCUT2D eigenvalue weighted by molar-refractivity contribution is -0.139. The molecule has 110 valence electrons. The molecular weight excluding hydrogens is 280 g/mol. The molecule has 0 fully saturated rings. The third-order valence-corrected chi connectivity index (χ3v) is 3.07. The standard InChI is InChI=1S/C14H19ClN2O3/c1-10(2)17(9-14(19)20)8-7-13(18)16-12-5-3-11(15)4-6-12/h3-6,10H,7-9H2,1-2H3,(H,16,18)(H,19,20). The van der Waals surface area contributed by atoms with Gasteiger partial charge in [0.1, 0.15) is 0 Å². The maximum absolute atomic E-state index is 11.8. The van der Waals surface area contributed by atoms with Crippen LogP contribution in [0.1, 0.15) is 20.3 Å². The first-order valence-electron chi connectivity index (χ1n) is 6.39. The Labute approximate surface area is 123 Å². The number of nitrogens with one attached hydrogen (secondary N) is 1. The van der Waals surface area contributed by atoms with Crippen LogP contribution in [0.25, 0.3) is 0 Å². The third kappa shape index (κ3) is 6.04. The Morgan fingerprint density at radius 2 is 1.90 bits per heavy atom. The highest BCUT2D eigenvalue weighted by atomic mass is 35.5. The Morgan fingerprint density at radius 3 is 2.40 bits per heavy atom. The summed E-state index contributed by atoms with van der Waals surface area (Å²) in [5, 5.41) is 12.2. The smallest absolute Gasteiger partial charge is 0.317 e. The Morgan fingerprint density at radius 1 is 1.30 bits per heavy atom. The van der Waals surface area contributed by atoms with Crippen molar-refractivity contribution in [2.24, 2.45) is 0 Å². The van der Waals surface area contributed by atoms with Gasteiger partial charge in [0.25, 0.3) is 0 Å². The van der Waals surface area contributed by atoms with E-state index in [1.54, 1.807) is 29.2 Å². The Hall–Kier alpha value is -1.59. The summed E-state index contributed by atoms with van der Waals surface area (Å²) in [7, 11) is 0. The lowest BCUT2D eigenvalue weighted by Crippen LogP contribution is -2.37. The predicted octanol–water partition coefficient (Wildman–Crippen LogP) is 2.46. The average Bonchev–Trinajstić information content (AvgIpc) is 2.36. The van der Waals surface area contributed by atoms with E-state index in [0.717, 1.165) is 0 Å². The van der Waals surface area contributed by atoms with E-state index in [4.69, 9.17) is 16.7 Å². The van der Waals surface area contributed by atoms with Gasteiger partial charge in [-0.1, -0.05) is 11.6 Å². The quantitative estimate of drug-likeness (QED) is 0.811. The molecule has 0 spiro atoms. The van der Waals surface area contributed by atoms with Gasteiger partial charge in [0, 0.05) is 29.7 Å². The molecule has 1 amide bonds. The Kier molecular flexibility index (Phi) is 6.48. The maximum atomic E-state index is 11.8. The second-order valence-electron chi connectivity index (χ2n) is 4.76. The largest absolute Gasteiger partial charge is 0.480 e. The highest BCUT2D eigenvalue weighted by Gasteiger charge is 2.14. The zero-order chi connectivity index (χ0) is 15.1. The molecule has 0 saturated heterocycles. The maximum Gasteiger partial charge on any atom is 0.317 e. The van der Waals surface area contributed by atoms with Gasteiger partial charge in [-0.2, -0.15) is 0 Å². The van der Waals surface area contributed by atoms with Gasteiger partial charge in [-0.3, -0.25) is 14.5 Å². The van der Waals surface area contributed by atoms with Crippen molar-refractivity contribution in [2.75, 3.05) is 18.4 Å². The summed E-state index contributed by atoms with van der Waals surface area (Å²) in [6.45, 7) is 4.15. The van der Waals surface area contributed by atoms with Gasteiger partial charge in [0.15, 0.2) is 0 Å². The molecule has 0 radical (unpaired) electrons. The second kappa shape index (κ2) is 7.87. The van der Waals surface area contributed by atoms with Crippen molar-refractivity contribution in [1.82, 2.24) is 4.90 Å². The van der Waals surface area contributed by atoms with Gasteiger partial charge in [0.2, 0.25) is 5.91 Å². The topological polar surface area (TPSA) is 69.6 Å². The molecule has 5 nitrogen and oxygen atoms in total. The first-order valence-corrected chi connectivity index (χ1v) is 6.77. The number of carboxylic acid groups (broad SMARTS) is 1. The van der Waals surface area contributed by atoms with Crippen LogP contribution in [-0.4, -0.2) is 41.0 Å². The molecule has 0 aliphatic heterocycles. The summed E-state index contributed by atoms with van der Waals surface area (Å²) >= 11 is 5.76. The first-order chi connectivity index (χ1) is 9.38. The van der Waals surface area contributed by atoms with Crippen molar-refractivity contribution >= 4 is 29.2 Å². The molecule has 6 heteroatoms. The molecule has 0 unspecified atom stereocenters. The molecule has 1 rings (SSSR count). The van der Waals surface area contributed by atoms with E-state index < -0.39 is 5.97 Å². The normalized spacial score (nSPS) is 10.8. The van der Waals surface area contributed by atoms with Crippen molar-refractivity contribution in [3.05, 3.63) is 29.3 Å². The van der Waals surface area contributed by atoms with Gasteiger partial charge in [0.05, 0.1) is 6.54 Å². The fourth-order valence-electron chi connectivity index (χ4n) is 1.70. The summed E-state index contributed by atoms with van der Waals surface area (Å²) < 4.78 is 0. The lowest BCUT2D eigenvalue weighted by atomic mass is 10.2. The minimum Gasteiger partial charge on any atom is -0.480 e. The van der Waals surface area contributed by atoms with Crippen molar-refractivity contribution in [3.63, 3.8) is 0 Å². The van der Waals surface area contributed by atoms with Crippen LogP contribution in [0.2, 0.25) is 5.02 Å². The zero-order valence-electron chi connectivity index (χ0n) is 11.6. The third-order valence-electron chi connectivity index (χ3n) is 2.82. The Balaban J connectivity index is 2.45. The SMILES string of the molecule is CC(C)N(CCC(=O)Nc1ccc(Cl)cc1)CC(=O)O. The van der Waals surface area contributed by atoms with E-state index in [-0.39, 0.29) is 24.9 Å². The number of carbonyl (C=O) groups excluding carboxylic acids is 1. The lowest BCUT2D eigenvalue weighted by Gasteiger charge is -2.24. The van der Waals surface area contributed by atoms with Crippen molar-refractivity contribution in [3.8, 4) is 0 Å². The highest BCUT2D eigenvalue weighted by molar-refractivity contribution is 6.30. The van der Waals surface area contributed by atoms with E-state index in [9.17, 15) is 9.59 Å². The molecule has 0 heterocycles. The highest BCUT2D eigenvalue weighted by Crippen LogP contribution is 2.13. The van der Waals surface area contributed by atoms with Crippen LogP contribution in [0.3, 0.4) is 0 Å². The number of halogens is 1. The molecular formula is C14H19ClN2O3. The number of carboxylic acids is 1. The number of hydrogen-bond acceptors (Lipinski definition) is 3. The van der Waals surface area contributed by atoms with Crippen molar-refractivity contribution in [1.29, 1.82) is 0 Å². The molecule has 1 aromatic rings. The minimum atomic E-state index is -0.892. The summed E-state index contributed by atoms with van der Waals surface area (Å²) in [4.78, 5) is 24.3. The summed E-state index contributed by atoms with van der Waals surface area (Å²) in [6, 6.07) is 6.91. The number of hydrogen-bond donors (Lipinski definition) is 2. The van der Waals surface area contributed by atoms with Crippen molar-refractivity contribution in [2.45, 2.75) is 26.3 Å². The van der Waals surface area contributed by atoms with E-state index in [2.05, 4.69) is 5.32 Å². The fraction of sp³-hybridized carbons (Fsp3) is 0.429. The number of benzene rings is 1. The number of carbonyl (C=O) groups is 2. The summed E-state index contributed by atoms with van der Waals surface area (Å²) in [6.07, 6.45) is 0.244. The number of amides is 1. The minimum absolute atomic E-state index is 0.0636. The van der Waals surface area contributed by atoms with Gasteiger partial charge in [-0.15, -0.1) is 0 Å². The monoisotopic (exact) mass is 298 g/mol. The van der Waals surface area contributed by atoms with Crippen molar-refractivity contribution < 1.29 is 14.7 Å². The molecule has 20 heavy (non-hydrogen) atoms. The first kappa shape index (κ1) is 16.5. The number of nitrogens with zero attached hydrogens (tertiary/aromatic N) is 1. The number of anilines is 1. The van der Waals surface area contributed by atoms with Crippen LogP contribution in [0.15, 0.2) is 24.3 Å². The Bertz CT molecular complexity index is 460. The van der Waals surface area contributed by atoms with Crippen LogP contribution in [0, 0.1) is 0 Å². The molecule has 0 saturated carbocycles. The molecule has 0 atom stereocenters. The van der Waals surface area contributed by atoms with Gasteiger partial charge < -0.3 is 10.4 Å². The number of rotatable bonds is 7. The van der Waals surface area contributed by atoms with Crippen LogP contribution in [-0.2, 0) is 9.59 Å². The van der Waals surface area contributed by atoms with Crippen LogP contribution in [0.4, 0.5) is 5.69 Å². The van der Waals surface area contributed by atoms with Crippen LogP contribution in [0.5, 0.6) is 0 Å². The molecule has 1 aromatic carbocycles.